The minimum atomic E-state index is -0.400. The molecular weight excluding hydrogens is 432 g/mol. The Labute approximate surface area is 203 Å². The molecule has 34 heavy (non-hydrogen) atoms. The van der Waals surface area contributed by atoms with Gasteiger partial charge < -0.3 is 20.4 Å². The first-order valence-corrected chi connectivity index (χ1v) is 13.4. The molecule has 4 amide bonds. The molecule has 2 N–H and O–H groups in total. The average Bonchev–Trinajstić information content (AvgIpc) is 3.22. The van der Waals surface area contributed by atoms with E-state index in [-0.39, 0.29) is 53.5 Å². The second-order valence-corrected chi connectivity index (χ2v) is 11.6. The summed E-state index contributed by atoms with van der Waals surface area (Å²) in [4.78, 5) is 54.9. The first-order chi connectivity index (χ1) is 16.2. The van der Waals surface area contributed by atoms with E-state index in [1.54, 1.807) is 0 Å². The molecule has 2 bridgehead atoms. The maximum absolute atomic E-state index is 13.4. The van der Waals surface area contributed by atoms with E-state index in [0.29, 0.717) is 51.2 Å². The van der Waals surface area contributed by atoms with Crippen LogP contribution in [-0.2, 0) is 19.2 Å². The summed E-state index contributed by atoms with van der Waals surface area (Å²) < 4.78 is 0. The first kappa shape index (κ1) is 25.0. The van der Waals surface area contributed by atoms with Gasteiger partial charge in [0.1, 0.15) is 6.04 Å². The van der Waals surface area contributed by atoms with Crippen molar-refractivity contribution >= 4 is 23.6 Å². The third kappa shape index (κ3) is 5.74. The van der Waals surface area contributed by atoms with Crippen molar-refractivity contribution in [2.24, 2.45) is 23.7 Å². The maximum Gasteiger partial charge on any atom is 0.245 e. The molecule has 6 atom stereocenters. The number of rotatable bonds is 2. The number of nitrogens with one attached hydrogen (secondary N) is 2. The number of likely N-dealkylation sites (tertiary alicyclic amines) is 1. The second kappa shape index (κ2) is 10.6. The molecule has 0 saturated carbocycles. The van der Waals surface area contributed by atoms with E-state index in [2.05, 4.69) is 36.3 Å². The van der Waals surface area contributed by atoms with Crippen LogP contribution in [0.25, 0.3) is 0 Å². The molecule has 4 saturated heterocycles. The third-order valence-electron chi connectivity index (χ3n) is 8.44. The lowest BCUT2D eigenvalue weighted by molar-refractivity contribution is -0.147. The summed E-state index contributed by atoms with van der Waals surface area (Å²) in [5.41, 5.74) is 0. The summed E-state index contributed by atoms with van der Waals surface area (Å²) in [6.45, 7) is 8.41. The number of carbonyl (C=O) groups excluding carboxylic acids is 4. The Morgan fingerprint density at radius 2 is 1.71 bits per heavy atom. The van der Waals surface area contributed by atoms with Gasteiger partial charge in [-0.15, -0.1) is 0 Å². The molecule has 0 aromatic heterocycles. The molecule has 0 unspecified atom stereocenters. The number of piperidine rings is 2. The Morgan fingerprint density at radius 1 is 0.941 bits per heavy atom. The minimum absolute atomic E-state index is 0.0256. The standard InChI is InChI=1S/C26H42N4O4/c1-16(2)20-8-7-17(3)11-25(33)30-14-18-12-19(22(30)5-4-6-23(31)27-20)15-29(13-18)26(34)21-9-10-24(32)28-21/h16-22H,4-15H2,1-3H3,(H,27,31)(H,28,32)/t17-,18+,19+,20+,21-,22+/m1/s1. The van der Waals surface area contributed by atoms with Crippen molar-refractivity contribution in [3.63, 3.8) is 0 Å². The number of nitrogens with zero attached hydrogens (tertiary/aromatic N) is 2. The molecule has 0 radical (unpaired) electrons. The summed E-state index contributed by atoms with van der Waals surface area (Å²) in [5, 5.41) is 6.05. The monoisotopic (exact) mass is 474 g/mol. The highest BCUT2D eigenvalue weighted by Gasteiger charge is 2.45. The van der Waals surface area contributed by atoms with Gasteiger partial charge in [-0.1, -0.05) is 20.8 Å². The van der Waals surface area contributed by atoms with E-state index in [4.69, 9.17) is 0 Å². The zero-order valence-electron chi connectivity index (χ0n) is 21.1. The number of amides is 4. The van der Waals surface area contributed by atoms with Gasteiger partial charge in [0.05, 0.1) is 0 Å². The summed E-state index contributed by atoms with van der Waals surface area (Å²) >= 11 is 0. The van der Waals surface area contributed by atoms with Gasteiger partial charge in [-0.05, 0) is 62.2 Å². The maximum atomic E-state index is 13.4. The second-order valence-electron chi connectivity index (χ2n) is 11.6. The van der Waals surface area contributed by atoms with Crippen molar-refractivity contribution in [1.29, 1.82) is 0 Å². The van der Waals surface area contributed by atoms with E-state index in [1.165, 1.54) is 0 Å². The highest BCUT2D eigenvalue weighted by molar-refractivity contribution is 5.91. The Morgan fingerprint density at radius 3 is 2.41 bits per heavy atom. The highest BCUT2D eigenvalue weighted by Crippen LogP contribution is 2.37. The van der Waals surface area contributed by atoms with Crippen LogP contribution in [-0.4, -0.2) is 71.2 Å². The summed E-state index contributed by atoms with van der Waals surface area (Å²) in [6, 6.07) is -0.176. The molecule has 0 spiro atoms. The molecular formula is C26H42N4O4. The van der Waals surface area contributed by atoms with Crippen molar-refractivity contribution < 1.29 is 19.2 Å². The van der Waals surface area contributed by atoms with E-state index >= 15 is 0 Å². The Kier molecular flexibility index (Phi) is 7.83. The van der Waals surface area contributed by atoms with E-state index in [9.17, 15) is 19.2 Å². The summed E-state index contributed by atoms with van der Waals surface area (Å²) in [7, 11) is 0. The lowest BCUT2D eigenvalue weighted by Gasteiger charge is -2.51. The van der Waals surface area contributed by atoms with E-state index in [1.807, 2.05) is 4.90 Å². The van der Waals surface area contributed by atoms with E-state index < -0.39 is 6.04 Å². The normalized spacial score (nSPS) is 35.6. The van der Waals surface area contributed by atoms with Crippen molar-refractivity contribution in [1.82, 2.24) is 20.4 Å². The Hall–Kier alpha value is -2.12. The topological polar surface area (TPSA) is 98.8 Å². The quantitative estimate of drug-likeness (QED) is 0.640. The minimum Gasteiger partial charge on any atom is -0.353 e. The molecule has 4 rings (SSSR count). The zero-order valence-corrected chi connectivity index (χ0v) is 21.1. The molecule has 4 fully saturated rings. The highest BCUT2D eigenvalue weighted by atomic mass is 16.2. The van der Waals surface area contributed by atoms with Gasteiger partial charge >= 0.3 is 0 Å². The lowest BCUT2D eigenvalue weighted by Crippen LogP contribution is -2.61. The zero-order chi connectivity index (χ0) is 24.4. The molecule has 0 aromatic rings. The van der Waals surface area contributed by atoms with Crippen LogP contribution in [0.1, 0.15) is 78.6 Å². The SMILES string of the molecule is CC(C)[C@@H]1CC[C@@H](C)CC(=O)N2C[C@H]3C[C@@H](CN(C(=O)[C@H]4CCC(=O)N4)C3)[C@@H]2CCCC(=O)N1. The molecule has 8 nitrogen and oxygen atoms in total. The number of carbonyl (C=O) groups is 4. The lowest BCUT2D eigenvalue weighted by atomic mass is 9.77. The summed E-state index contributed by atoms with van der Waals surface area (Å²) in [6.07, 6.45) is 6.40. The van der Waals surface area contributed by atoms with Crippen molar-refractivity contribution in [2.45, 2.75) is 96.7 Å². The van der Waals surface area contributed by atoms with Crippen LogP contribution >= 0.6 is 0 Å². The number of hydrogen-bond donors (Lipinski definition) is 2. The van der Waals surface area contributed by atoms with Crippen LogP contribution in [0.5, 0.6) is 0 Å². The first-order valence-electron chi connectivity index (χ1n) is 13.4. The van der Waals surface area contributed by atoms with Crippen LogP contribution in [0.4, 0.5) is 0 Å². The fourth-order valence-corrected chi connectivity index (χ4v) is 6.51. The van der Waals surface area contributed by atoms with Gasteiger partial charge in [0, 0.05) is 51.0 Å². The molecule has 4 heterocycles. The van der Waals surface area contributed by atoms with Gasteiger partial charge in [-0.2, -0.15) is 0 Å². The molecule has 4 aliphatic rings. The van der Waals surface area contributed by atoms with Crippen LogP contribution < -0.4 is 10.6 Å². The van der Waals surface area contributed by atoms with Gasteiger partial charge in [0.15, 0.2) is 0 Å². The van der Waals surface area contributed by atoms with Crippen LogP contribution in [0.2, 0.25) is 0 Å². The average molecular weight is 475 g/mol. The van der Waals surface area contributed by atoms with Crippen molar-refractivity contribution in [3.05, 3.63) is 0 Å². The van der Waals surface area contributed by atoms with Crippen molar-refractivity contribution in [2.75, 3.05) is 19.6 Å². The molecule has 4 aliphatic heterocycles. The van der Waals surface area contributed by atoms with Gasteiger partial charge in [0.25, 0.3) is 0 Å². The fraction of sp³-hybridized carbons (Fsp3) is 0.846. The third-order valence-corrected chi connectivity index (χ3v) is 8.44. The predicted molar refractivity (Wildman–Crippen MR) is 128 cm³/mol. The molecule has 8 heteroatoms. The Bertz CT molecular complexity index is 800. The summed E-state index contributed by atoms with van der Waals surface area (Å²) in [5.74, 6) is 1.47. The number of fused-ring (bicyclic) bond motifs is 4. The van der Waals surface area contributed by atoms with Crippen LogP contribution in [0.15, 0.2) is 0 Å². The fourth-order valence-electron chi connectivity index (χ4n) is 6.51. The van der Waals surface area contributed by atoms with Crippen molar-refractivity contribution in [3.8, 4) is 0 Å². The van der Waals surface area contributed by atoms with E-state index in [0.717, 1.165) is 32.1 Å². The van der Waals surface area contributed by atoms with Crippen LogP contribution in [0.3, 0.4) is 0 Å². The molecule has 190 valence electrons. The smallest absolute Gasteiger partial charge is 0.245 e. The molecule has 0 aliphatic carbocycles. The van der Waals surface area contributed by atoms with Gasteiger partial charge in [0.2, 0.25) is 23.6 Å². The number of hydrogen-bond acceptors (Lipinski definition) is 4. The van der Waals surface area contributed by atoms with Gasteiger partial charge in [-0.3, -0.25) is 19.2 Å². The molecule has 0 aromatic carbocycles. The predicted octanol–water partition coefficient (Wildman–Crippen LogP) is 2.07. The largest absolute Gasteiger partial charge is 0.353 e. The van der Waals surface area contributed by atoms with Gasteiger partial charge in [-0.25, -0.2) is 0 Å². The van der Waals surface area contributed by atoms with Crippen LogP contribution in [0, 0.1) is 23.7 Å². The Balaban J connectivity index is 1.47.